The molecule has 1 saturated heterocycles. The van der Waals surface area contributed by atoms with Crippen LogP contribution in [0.2, 0.25) is 0 Å². The average molecular weight is 390 g/mol. The molecule has 152 valence electrons. The second-order valence-corrected chi connectivity index (χ2v) is 5.93. The minimum absolute atomic E-state index is 0.00120. The van der Waals surface area contributed by atoms with Gasteiger partial charge in [0, 0.05) is 12.8 Å². The molecule has 8 heteroatoms. The highest BCUT2D eigenvalue weighted by Crippen LogP contribution is 2.28. The van der Waals surface area contributed by atoms with Crippen molar-refractivity contribution >= 4 is 11.9 Å². The third-order valence-electron chi connectivity index (χ3n) is 4.01. The molecular weight excluding hydrogens is 364 g/mol. The molecular formula is C20H26N2O6. The summed E-state index contributed by atoms with van der Waals surface area (Å²) in [7, 11) is 0. The molecule has 1 fully saturated rings. The number of carbonyl (C=O) groups is 2. The molecule has 1 heterocycles. The van der Waals surface area contributed by atoms with Crippen molar-refractivity contribution in [3.8, 4) is 0 Å². The first-order valence-electron chi connectivity index (χ1n) is 8.76. The molecule has 6 N–H and O–H groups in total. The molecule has 3 rings (SSSR count). The van der Waals surface area contributed by atoms with Crippen molar-refractivity contribution in [3.63, 3.8) is 0 Å². The van der Waals surface area contributed by atoms with Crippen molar-refractivity contribution in [1.29, 1.82) is 0 Å². The summed E-state index contributed by atoms with van der Waals surface area (Å²) in [6.07, 6.45) is 1.12. The summed E-state index contributed by atoms with van der Waals surface area (Å²) < 4.78 is 5.11. The lowest BCUT2D eigenvalue weighted by atomic mass is 10.1. The molecule has 1 aliphatic rings. The van der Waals surface area contributed by atoms with Gasteiger partial charge in [-0.3, -0.25) is 14.8 Å². The van der Waals surface area contributed by atoms with Gasteiger partial charge in [0.2, 0.25) is 5.91 Å². The van der Waals surface area contributed by atoms with E-state index >= 15 is 0 Å². The highest BCUT2D eigenvalue weighted by molar-refractivity contribution is 5.74. The number of benzene rings is 2. The molecule has 8 nitrogen and oxygen atoms in total. The van der Waals surface area contributed by atoms with Crippen molar-refractivity contribution in [2.75, 3.05) is 0 Å². The third kappa shape index (κ3) is 8.28. The second-order valence-electron chi connectivity index (χ2n) is 5.93. The van der Waals surface area contributed by atoms with E-state index in [4.69, 9.17) is 15.2 Å². The fourth-order valence-electron chi connectivity index (χ4n) is 2.59. The van der Waals surface area contributed by atoms with E-state index < -0.39 is 12.0 Å². The summed E-state index contributed by atoms with van der Waals surface area (Å²) in [5.41, 5.74) is 3.40. The summed E-state index contributed by atoms with van der Waals surface area (Å²) in [6, 6.07) is 18.9. The van der Waals surface area contributed by atoms with Gasteiger partial charge in [-0.1, -0.05) is 60.7 Å². The van der Waals surface area contributed by atoms with Gasteiger partial charge in [-0.25, -0.2) is 11.4 Å². The third-order valence-corrected chi connectivity index (χ3v) is 4.01. The molecule has 0 aromatic heterocycles. The Kier molecular flexibility index (Phi) is 11.1. The number of carbonyl (C=O) groups excluding carboxylic acids is 2. The van der Waals surface area contributed by atoms with Crippen molar-refractivity contribution in [1.82, 2.24) is 5.48 Å². The van der Waals surface area contributed by atoms with Crippen molar-refractivity contribution in [2.45, 2.75) is 37.9 Å². The summed E-state index contributed by atoms with van der Waals surface area (Å²) >= 11 is 0. The van der Waals surface area contributed by atoms with E-state index in [0.29, 0.717) is 12.8 Å². The van der Waals surface area contributed by atoms with Gasteiger partial charge in [0.25, 0.3) is 0 Å². The fourth-order valence-corrected chi connectivity index (χ4v) is 2.59. The maximum absolute atomic E-state index is 10.8. The van der Waals surface area contributed by atoms with Crippen LogP contribution >= 0.6 is 0 Å². The van der Waals surface area contributed by atoms with E-state index in [-0.39, 0.29) is 18.5 Å². The minimum atomic E-state index is -0.659. The lowest BCUT2D eigenvalue weighted by Crippen LogP contribution is -2.18. The molecule has 0 aliphatic carbocycles. The Labute approximate surface area is 163 Å². The molecule has 2 atom stereocenters. The van der Waals surface area contributed by atoms with Crippen LogP contribution in [0.4, 0.5) is 0 Å². The minimum Gasteiger partial charge on any atom is -0.457 e. The van der Waals surface area contributed by atoms with Crippen LogP contribution in [-0.2, 0) is 14.3 Å². The SMILES string of the molecule is NO.O=C(CCC(O)c1ccccc1)NO.O=C1CCC(c2ccccc2)O1. The summed E-state index contributed by atoms with van der Waals surface area (Å²) in [5, 5.41) is 24.3. The number of cyclic esters (lactones) is 1. The normalized spacial score (nSPS) is 15.9. The number of hydrogen-bond acceptors (Lipinski definition) is 7. The van der Waals surface area contributed by atoms with E-state index in [9.17, 15) is 14.7 Å². The molecule has 2 aromatic carbocycles. The summed E-state index contributed by atoms with van der Waals surface area (Å²) in [4.78, 5) is 21.5. The Balaban J connectivity index is 0.000000259. The van der Waals surface area contributed by atoms with Gasteiger partial charge in [0.05, 0.1) is 6.10 Å². The smallest absolute Gasteiger partial charge is 0.306 e. The Morgan fingerprint density at radius 2 is 1.68 bits per heavy atom. The first kappa shape index (κ1) is 23.3. The largest absolute Gasteiger partial charge is 0.457 e. The zero-order chi connectivity index (χ0) is 20.8. The van der Waals surface area contributed by atoms with Gasteiger partial charge in [-0.2, -0.15) is 0 Å². The maximum atomic E-state index is 10.8. The van der Waals surface area contributed by atoms with Crippen LogP contribution in [-0.4, -0.2) is 27.4 Å². The molecule has 1 amide bonds. The van der Waals surface area contributed by atoms with Crippen LogP contribution < -0.4 is 11.4 Å². The van der Waals surface area contributed by atoms with Crippen LogP contribution in [0, 0.1) is 0 Å². The van der Waals surface area contributed by atoms with E-state index in [0.717, 1.165) is 17.5 Å². The van der Waals surface area contributed by atoms with E-state index in [1.54, 1.807) is 12.1 Å². The van der Waals surface area contributed by atoms with E-state index in [2.05, 4.69) is 5.90 Å². The molecule has 2 aromatic rings. The zero-order valence-electron chi connectivity index (χ0n) is 15.4. The number of aliphatic hydroxyl groups excluding tert-OH is 1. The van der Waals surface area contributed by atoms with Crippen LogP contribution in [0.1, 0.15) is 49.0 Å². The van der Waals surface area contributed by atoms with Gasteiger partial charge in [-0.15, -0.1) is 0 Å². The van der Waals surface area contributed by atoms with E-state index in [1.165, 1.54) is 5.48 Å². The first-order valence-corrected chi connectivity index (χ1v) is 8.76. The van der Waals surface area contributed by atoms with Gasteiger partial charge < -0.3 is 15.1 Å². The van der Waals surface area contributed by atoms with Gasteiger partial charge in [0.1, 0.15) is 6.10 Å². The van der Waals surface area contributed by atoms with Gasteiger partial charge in [0.15, 0.2) is 0 Å². The number of nitrogens with one attached hydrogen (secondary N) is 1. The van der Waals surface area contributed by atoms with Gasteiger partial charge in [-0.05, 0) is 24.0 Å². The Morgan fingerprint density at radius 1 is 1.11 bits per heavy atom. The average Bonchev–Trinajstić information content (AvgIpc) is 3.21. The zero-order valence-corrected chi connectivity index (χ0v) is 15.4. The molecule has 0 radical (unpaired) electrons. The number of nitrogens with two attached hydrogens (primary N) is 1. The second kappa shape index (κ2) is 13.4. The molecule has 0 saturated carbocycles. The highest BCUT2D eigenvalue weighted by Gasteiger charge is 2.24. The Bertz CT molecular complexity index is 696. The lowest BCUT2D eigenvalue weighted by molar-refractivity contribution is -0.141. The van der Waals surface area contributed by atoms with E-state index in [1.807, 2.05) is 48.5 Å². The summed E-state index contributed by atoms with van der Waals surface area (Å²) in [6.45, 7) is 0. The first-order chi connectivity index (χ1) is 13.6. The van der Waals surface area contributed by atoms with Crippen LogP contribution in [0.3, 0.4) is 0 Å². The standard InChI is InChI=1S/C10H13NO3.C10H10O2.H3NO/c12-9(6-7-10(13)11-14)8-4-2-1-3-5-8;11-10-7-6-9(12-10)8-4-2-1-3-5-8;1-2/h1-5,9,12,14H,6-7H2,(H,11,13);1-5,9H,6-7H2;2H,1H2. The van der Waals surface area contributed by atoms with Crippen LogP contribution in [0.15, 0.2) is 60.7 Å². The van der Waals surface area contributed by atoms with Crippen molar-refractivity contribution < 1.29 is 29.8 Å². The van der Waals surface area contributed by atoms with Crippen molar-refractivity contribution in [3.05, 3.63) is 71.8 Å². The number of hydrogen-bond donors (Lipinski definition) is 5. The van der Waals surface area contributed by atoms with Crippen LogP contribution in [0.25, 0.3) is 0 Å². The number of esters is 1. The number of rotatable bonds is 5. The number of amides is 1. The Hall–Kier alpha value is -2.78. The monoisotopic (exact) mass is 390 g/mol. The fraction of sp³-hybridized carbons (Fsp3) is 0.300. The van der Waals surface area contributed by atoms with Crippen molar-refractivity contribution in [2.24, 2.45) is 5.90 Å². The highest BCUT2D eigenvalue weighted by atomic mass is 16.5. The van der Waals surface area contributed by atoms with Crippen LogP contribution in [0.5, 0.6) is 0 Å². The number of ether oxygens (including phenoxy) is 1. The molecule has 2 unspecified atom stereocenters. The molecule has 0 spiro atoms. The lowest BCUT2D eigenvalue weighted by Gasteiger charge is -2.09. The Morgan fingerprint density at radius 3 is 2.18 bits per heavy atom. The molecule has 1 aliphatic heterocycles. The number of aliphatic hydroxyl groups is 1. The molecule has 28 heavy (non-hydrogen) atoms. The topological polar surface area (TPSA) is 142 Å². The van der Waals surface area contributed by atoms with Gasteiger partial charge >= 0.3 is 5.97 Å². The maximum Gasteiger partial charge on any atom is 0.306 e. The molecule has 0 bridgehead atoms. The predicted molar refractivity (Wildman–Crippen MR) is 101 cm³/mol. The quantitative estimate of drug-likeness (QED) is 0.300. The summed E-state index contributed by atoms with van der Waals surface area (Å²) in [5.74, 6) is 2.93. The number of hydroxylamine groups is 1. The predicted octanol–water partition coefficient (Wildman–Crippen LogP) is 2.40.